The first kappa shape index (κ1) is 105. The van der Waals surface area contributed by atoms with Crippen LogP contribution in [0.3, 0.4) is 0 Å². The molecular formula is C112H119Cl2N29O7. The van der Waals surface area contributed by atoms with Crippen LogP contribution >= 0.6 is 23.2 Å². The highest BCUT2D eigenvalue weighted by Crippen LogP contribution is 2.43. The van der Waals surface area contributed by atoms with Gasteiger partial charge in [0.2, 0.25) is 5.88 Å². The van der Waals surface area contributed by atoms with Crippen molar-refractivity contribution < 1.29 is 33.5 Å². The molecule has 7 aromatic heterocycles. The van der Waals surface area contributed by atoms with Crippen LogP contribution in [-0.4, -0.2) is 111 Å². The molecule has 11 amide bonds. The Hall–Kier alpha value is -17.3. The summed E-state index contributed by atoms with van der Waals surface area (Å²) in [7, 11) is 0. The van der Waals surface area contributed by atoms with Gasteiger partial charge in [-0.2, -0.15) is 50.7 Å². The zero-order chi connectivity index (χ0) is 107. The fourth-order valence-corrected chi connectivity index (χ4v) is 19.4. The van der Waals surface area contributed by atoms with E-state index in [0.717, 1.165) is 166 Å². The van der Waals surface area contributed by atoms with E-state index in [1.54, 1.807) is 12.3 Å². The number of amides is 11. The number of hydrogen-bond acceptors (Lipinski definition) is 21. The summed E-state index contributed by atoms with van der Waals surface area (Å²) >= 11 is 12.7. The number of halogens is 2. The number of fused-ring (bicyclic) bond motifs is 4. The van der Waals surface area contributed by atoms with Crippen molar-refractivity contribution in [3.05, 3.63) is 323 Å². The number of urea groups is 5. The van der Waals surface area contributed by atoms with Crippen molar-refractivity contribution in [1.29, 1.82) is 5.26 Å². The van der Waals surface area contributed by atoms with Gasteiger partial charge in [-0.3, -0.25) is 19.9 Å². The van der Waals surface area contributed by atoms with Crippen molar-refractivity contribution in [1.82, 2.24) is 71.7 Å². The summed E-state index contributed by atoms with van der Waals surface area (Å²) in [5.74, 6) is 1.70. The largest absolute Gasteiger partial charge is 0.435 e. The fraction of sp³-hybridized carbons (Fsp3) is 0.277. The van der Waals surface area contributed by atoms with E-state index in [2.05, 4.69) is 243 Å². The second kappa shape index (κ2) is 44.5. The average molecular weight is 2050 g/mol. The summed E-state index contributed by atoms with van der Waals surface area (Å²) in [6, 6.07) is 33.2. The number of ether oxygens (including phenoxy) is 1. The predicted octanol–water partition coefficient (Wildman–Crippen LogP) is 23.0. The molecule has 1 aliphatic carbocycles. The first-order chi connectivity index (χ1) is 71.5. The van der Waals surface area contributed by atoms with Crippen LogP contribution in [-0.2, 0) is 30.5 Å². The highest BCUT2D eigenvalue weighted by Gasteiger charge is 2.35. The lowest BCUT2D eigenvalue weighted by atomic mass is 9.79. The number of rotatable bonds is 20. The Bertz CT molecular complexity index is 7700. The third-order valence-corrected chi connectivity index (χ3v) is 27.5. The number of hydrogen-bond donors (Lipinski definition) is 11. The molecule has 150 heavy (non-hydrogen) atoms. The number of nitrogens with two attached hydrogens (primary N) is 2. The van der Waals surface area contributed by atoms with E-state index >= 15 is 0 Å². The number of hydrazone groups is 5. The Morgan fingerprint density at radius 3 is 1.31 bits per heavy atom. The lowest BCUT2D eigenvalue weighted by Gasteiger charge is -2.27. The summed E-state index contributed by atoms with van der Waals surface area (Å²) in [5.41, 5.74) is 45.6. The number of pyridine rings is 2. The Morgan fingerprint density at radius 1 is 0.460 bits per heavy atom. The number of aryl methyl sites for hydroxylation is 8. The number of carbonyl (C=O) groups is 6. The maximum absolute atomic E-state index is 12.4. The number of anilines is 5. The van der Waals surface area contributed by atoms with Gasteiger partial charge in [-0.1, -0.05) is 137 Å². The molecule has 13 aromatic rings. The molecule has 1 fully saturated rings. The Balaban J connectivity index is 0.000000133. The zero-order valence-electron chi connectivity index (χ0n) is 86.5. The van der Waals surface area contributed by atoms with Crippen LogP contribution in [0, 0.1) is 78.6 Å². The first-order valence-corrected chi connectivity index (χ1v) is 50.0. The van der Waals surface area contributed by atoms with Gasteiger partial charge in [0.05, 0.1) is 125 Å². The minimum absolute atomic E-state index is 0.0540. The van der Waals surface area contributed by atoms with Gasteiger partial charge in [-0.05, 0) is 291 Å². The van der Waals surface area contributed by atoms with Crippen LogP contribution in [0.5, 0.6) is 5.75 Å². The number of benzene rings is 6. The molecule has 6 aliphatic heterocycles. The molecule has 36 nitrogen and oxygen atoms in total. The number of azo groups is 1. The minimum atomic E-state index is -0.558. The van der Waals surface area contributed by atoms with Crippen LogP contribution in [0.25, 0.3) is 44.1 Å². The maximum atomic E-state index is 12.4. The number of nitrogens with one attached hydrogen (secondary N) is 9. The number of nitrogens with zero attached hydrogens (tertiary/aromatic N) is 18. The summed E-state index contributed by atoms with van der Waals surface area (Å²) in [6.07, 6.45) is 20.9. The van der Waals surface area contributed by atoms with Gasteiger partial charge < -0.3 is 57.7 Å². The molecule has 0 spiro atoms. The van der Waals surface area contributed by atoms with Gasteiger partial charge in [0.1, 0.15) is 11.6 Å². The summed E-state index contributed by atoms with van der Waals surface area (Å²) in [4.78, 5) is 103. The van der Waals surface area contributed by atoms with Crippen molar-refractivity contribution in [2.24, 2.45) is 59.0 Å². The molecular weight excluding hydrogens is 1930 g/mol. The maximum Gasteiger partial charge on any atom is 0.347 e. The van der Waals surface area contributed by atoms with Crippen LogP contribution in [0.1, 0.15) is 223 Å². The number of allylic oxidation sites excluding steroid dienone is 3. The lowest BCUT2D eigenvalue weighted by molar-refractivity contribution is -0.123. The molecule has 6 aromatic carbocycles. The number of nitriles is 1. The molecule has 20 rings (SSSR count). The quantitative estimate of drug-likeness (QED) is 0.0338. The van der Waals surface area contributed by atoms with Gasteiger partial charge >= 0.3 is 30.2 Å². The van der Waals surface area contributed by atoms with Crippen LogP contribution in [0.4, 0.5) is 52.4 Å². The zero-order valence-corrected chi connectivity index (χ0v) is 88.1. The Labute approximate surface area is 878 Å². The van der Waals surface area contributed by atoms with Gasteiger partial charge in [0.25, 0.3) is 5.91 Å². The van der Waals surface area contributed by atoms with E-state index < -0.39 is 12.1 Å². The van der Waals surface area contributed by atoms with E-state index in [4.69, 9.17) is 54.4 Å². The molecule has 0 radical (unpaired) electrons. The molecule has 13 heterocycles. The van der Waals surface area contributed by atoms with Crippen molar-refractivity contribution in [3.63, 3.8) is 0 Å². The normalized spacial score (nSPS) is 15.9. The number of carbonyl (C=O) groups excluding carboxylic acids is 6. The molecule has 768 valence electrons. The van der Waals surface area contributed by atoms with E-state index in [9.17, 15) is 34.0 Å². The highest BCUT2D eigenvalue weighted by molar-refractivity contribution is 6.38. The number of amidine groups is 2. The second-order valence-electron chi connectivity index (χ2n) is 39.3. The summed E-state index contributed by atoms with van der Waals surface area (Å²) in [5, 5.41) is 65.7. The van der Waals surface area contributed by atoms with E-state index in [-0.39, 0.29) is 92.0 Å². The molecule has 1 atom stereocenters. The van der Waals surface area contributed by atoms with E-state index in [1.165, 1.54) is 89.3 Å². The molecule has 0 saturated heterocycles. The number of aromatic nitrogens is 9. The van der Waals surface area contributed by atoms with E-state index in [1.807, 2.05) is 115 Å². The average Bonchev–Trinajstić information content (AvgIpc) is 1.32. The number of aromatic amines is 4. The number of H-pyrrole nitrogens is 4. The van der Waals surface area contributed by atoms with Gasteiger partial charge in [-0.15, -0.1) is 20.4 Å². The Kier molecular flexibility index (Phi) is 31.3. The molecule has 7 aliphatic rings. The molecule has 13 N–H and O–H groups in total. The highest BCUT2D eigenvalue weighted by atomic mass is 35.5. The molecule has 1 unspecified atom stereocenters. The van der Waals surface area contributed by atoms with Crippen molar-refractivity contribution >= 4 is 162 Å². The lowest BCUT2D eigenvalue weighted by Crippen LogP contribution is -2.45. The van der Waals surface area contributed by atoms with Gasteiger partial charge in [-0.25, -0.2) is 33.9 Å². The van der Waals surface area contributed by atoms with E-state index in [0.29, 0.717) is 65.0 Å². The van der Waals surface area contributed by atoms with Crippen molar-refractivity contribution in [2.45, 2.75) is 192 Å². The Morgan fingerprint density at radius 2 is 0.867 bits per heavy atom. The topological polar surface area (TPSA) is 478 Å². The molecule has 38 heteroatoms. The second-order valence-corrected chi connectivity index (χ2v) is 40.1. The first-order valence-electron chi connectivity index (χ1n) is 49.3. The SMILES string of the molecule is C=C1C=NN(c2cc(C)c(Cc3ccc4[nH]cc(C(C)C)c4n3)c(C)c2)C(=O)N1.C=C1C=NN(c2cc(C)c(Cc3cnc4[nH]cc(C(C)C)c4n3)c(C)c2)C(=O)N1.C=C1NC(=O)N(c2cc(C)c(Cc3ccc4[nH]cc(C(C)C)c4n3)c(C)c2)N=C1N.C=C1NC(=O)N(c2cc(C)c(Cc3ccc4n[nH]c(C(C)C)c4c3)c(C)c2)N=C1C#N.C=C1NC(=O)N(c2cc(Cl)c(OC3=CC(C4CCCCC4)C(=O)N=N3)c(Cl)c2)N=C1N. The summed E-state index contributed by atoms with van der Waals surface area (Å²) < 4.78 is 5.78. The van der Waals surface area contributed by atoms with Crippen LogP contribution < -0.4 is 67.8 Å². The van der Waals surface area contributed by atoms with Crippen molar-refractivity contribution in [2.75, 3.05) is 25.0 Å². The van der Waals surface area contributed by atoms with Crippen LogP contribution in [0.15, 0.2) is 237 Å². The monoisotopic (exact) mass is 2050 g/mol. The van der Waals surface area contributed by atoms with Gasteiger partial charge in [0, 0.05) is 65.9 Å². The summed E-state index contributed by atoms with van der Waals surface area (Å²) in [6.45, 7) is 52.0. The minimum Gasteiger partial charge on any atom is -0.435 e. The fourth-order valence-electron chi connectivity index (χ4n) is 18.9. The van der Waals surface area contributed by atoms with Crippen LogP contribution in [0.2, 0.25) is 10.0 Å². The standard InChI is InChI=1S/C24H24N6O.C23H26N6O.C23H25N5O.C22H24N6O.C20H20Cl2N6O3/c1-13(2)23-20-11-17(6-7-21(20)27-28-23)10-19-14(3)8-18(9-15(19)4)30-24(31)26-16(5)22(12-25)29-30;1-12(2)19-11-25-20-7-6-16(27-21(19)20)10-18-13(3)8-17(9-14(18)4)29-23(30)26-15(5)22(24)28-29;1-13(2)20-12-24-21-7-6-17(27-22(20)21)10-19-14(3)8-18(9-15(19)4)28-23(29)26-16(5)11-25-28;1-12(2)19-11-24-21-20(19)27-16(10-23-21)8-18-13(3)6-17(7-14(18)4)28-22(29)26-15(5)9-25-28;1-10-18(23)27-28(20(30)24-10)12-7-14(21)17(15(22)8-12)31-16-9-13(19(29)26-25-16)11-5-3-2-4-6-11/h6-9,11,13H,5,10H2,1-4H3,(H,26,31)(H,27,28);6-9,11-12,25H,5,10H2,1-4H3,(H2,24,28)(H,26,30);6-9,11-13,24H,5,10H2,1-4H3,(H,26,29);6-7,9-12H,5,8H2,1-4H3,(H,23,24)(H,26,29);7-9,11,13H,1-6H2,(H2,23,27)(H,24,30). The molecule has 1 saturated carbocycles. The van der Waals surface area contributed by atoms with Crippen molar-refractivity contribution in [3.8, 4) is 11.8 Å². The third-order valence-electron chi connectivity index (χ3n) is 26.9. The third kappa shape index (κ3) is 23.2. The smallest absolute Gasteiger partial charge is 0.347 e. The predicted molar refractivity (Wildman–Crippen MR) is 593 cm³/mol. The molecule has 0 bridgehead atoms. The van der Waals surface area contributed by atoms with Gasteiger partial charge in [0.15, 0.2) is 28.8 Å².